The van der Waals surface area contributed by atoms with Gasteiger partial charge >= 0.3 is 5.97 Å². The van der Waals surface area contributed by atoms with Crippen LogP contribution in [0.15, 0.2) is 41.3 Å². The number of halogens is 2. The molecule has 29 heavy (non-hydrogen) atoms. The third-order valence-corrected chi connectivity index (χ3v) is 7.07. The number of piperidine rings is 1. The minimum atomic E-state index is -3.80. The molecule has 0 N–H and O–H groups in total. The quantitative estimate of drug-likeness (QED) is 0.633. The van der Waals surface area contributed by atoms with E-state index in [9.17, 15) is 17.6 Å². The normalized spacial score (nSPS) is 15.1. The summed E-state index contributed by atoms with van der Waals surface area (Å²) in [6, 6.07) is 8.20. The number of hydrogen-bond donors (Lipinski definition) is 0. The first-order valence-electron chi connectivity index (χ1n) is 9.12. The number of sulfonamides is 1. The molecule has 2 aromatic carbocycles. The molecule has 0 amide bonds. The van der Waals surface area contributed by atoms with Crippen molar-refractivity contribution in [3.8, 4) is 5.75 Å². The smallest absolute Gasteiger partial charge is 0.338 e. The van der Waals surface area contributed by atoms with Crippen LogP contribution in [0, 0.1) is 5.82 Å². The fourth-order valence-electron chi connectivity index (χ4n) is 3.10. The highest BCUT2D eigenvalue weighted by Crippen LogP contribution is 2.28. The Morgan fingerprint density at radius 1 is 1.14 bits per heavy atom. The molecular formula is C20H21ClFNO5S. The molecule has 156 valence electrons. The predicted molar refractivity (Wildman–Crippen MR) is 106 cm³/mol. The number of esters is 1. The van der Waals surface area contributed by atoms with Gasteiger partial charge in [0, 0.05) is 13.1 Å². The first kappa shape index (κ1) is 21.5. The highest BCUT2D eigenvalue weighted by Gasteiger charge is 2.29. The molecule has 6 nitrogen and oxygen atoms in total. The van der Waals surface area contributed by atoms with Crippen LogP contribution in [0.1, 0.15) is 35.2 Å². The Morgan fingerprint density at radius 3 is 2.52 bits per heavy atom. The minimum Gasteiger partial charge on any atom is -0.494 e. The zero-order chi connectivity index (χ0) is 21.0. The summed E-state index contributed by atoms with van der Waals surface area (Å²) in [6.45, 7) is 0.684. The number of carbonyl (C=O) groups excluding carboxylic acids is 1. The van der Waals surface area contributed by atoms with E-state index in [1.54, 1.807) is 6.07 Å². The maximum Gasteiger partial charge on any atom is 0.338 e. The number of hydrogen-bond acceptors (Lipinski definition) is 5. The van der Waals surface area contributed by atoms with Crippen molar-refractivity contribution in [1.82, 2.24) is 4.31 Å². The fraction of sp³-hybridized carbons (Fsp3) is 0.350. The largest absolute Gasteiger partial charge is 0.494 e. The van der Waals surface area contributed by atoms with Crippen LogP contribution in [-0.2, 0) is 21.4 Å². The standard InChI is InChI=1S/C20H21ClFNO5S/c1-27-18-8-5-14(11-17(18)22)13-28-20(24)15-6-7-16(21)19(12-15)29(25,26)23-9-3-2-4-10-23/h5-8,11-12H,2-4,9-10,13H2,1H3. The predicted octanol–water partition coefficient (Wildman–Crippen LogP) is 4.02. The van der Waals surface area contributed by atoms with Crippen LogP contribution in [0.3, 0.4) is 0 Å². The van der Waals surface area contributed by atoms with Crippen molar-refractivity contribution in [3.63, 3.8) is 0 Å². The molecule has 0 bridgehead atoms. The van der Waals surface area contributed by atoms with Crippen LogP contribution < -0.4 is 4.74 Å². The molecule has 3 rings (SSSR count). The summed E-state index contributed by atoms with van der Waals surface area (Å²) in [5.74, 6) is -1.21. The van der Waals surface area contributed by atoms with E-state index in [1.807, 2.05) is 0 Å². The van der Waals surface area contributed by atoms with Crippen LogP contribution in [0.2, 0.25) is 5.02 Å². The summed E-state index contributed by atoms with van der Waals surface area (Å²) in [7, 11) is -2.44. The summed E-state index contributed by atoms with van der Waals surface area (Å²) in [5, 5.41) is 0.0457. The second-order valence-corrected chi connectivity index (χ2v) is 8.97. The molecule has 1 aliphatic rings. The van der Waals surface area contributed by atoms with Gasteiger partial charge in [-0.1, -0.05) is 24.1 Å². The van der Waals surface area contributed by atoms with Gasteiger partial charge in [0.2, 0.25) is 10.0 Å². The van der Waals surface area contributed by atoms with Crippen molar-refractivity contribution < 1.29 is 27.1 Å². The molecule has 0 unspecified atom stereocenters. The molecule has 1 aliphatic heterocycles. The maximum atomic E-state index is 13.8. The third kappa shape index (κ3) is 4.88. The van der Waals surface area contributed by atoms with Gasteiger partial charge in [0.25, 0.3) is 0 Å². The average Bonchev–Trinajstić information content (AvgIpc) is 2.73. The Labute approximate surface area is 174 Å². The van der Waals surface area contributed by atoms with E-state index in [0.717, 1.165) is 19.3 Å². The van der Waals surface area contributed by atoms with Crippen LogP contribution in [0.5, 0.6) is 5.75 Å². The van der Waals surface area contributed by atoms with Gasteiger partial charge in [0.1, 0.15) is 11.5 Å². The SMILES string of the molecule is COc1ccc(COC(=O)c2ccc(Cl)c(S(=O)(=O)N3CCCCC3)c2)cc1F. The summed E-state index contributed by atoms with van der Waals surface area (Å²) < 4.78 is 51.0. The van der Waals surface area contributed by atoms with Gasteiger partial charge in [-0.3, -0.25) is 0 Å². The van der Waals surface area contributed by atoms with E-state index < -0.39 is 21.8 Å². The lowest BCUT2D eigenvalue weighted by Crippen LogP contribution is -2.35. The van der Waals surface area contributed by atoms with Crippen LogP contribution in [0.4, 0.5) is 4.39 Å². The molecule has 9 heteroatoms. The molecule has 1 fully saturated rings. The van der Waals surface area contributed by atoms with Crippen molar-refractivity contribution in [1.29, 1.82) is 0 Å². The van der Waals surface area contributed by atoms with Crippen molar-refractivity contribution in [2.24, 2.45) is 0 Å². The van der Waals surface area contributed by atoms with Gasteiger partial charge in [-0.15, -0.1) is 0 Å². The topological polar surface area (TPSA) is 72.9 Å². The molecule has 1 heterocycles. The molecule has 0 saturated carbocycles. The van der Waals surface area contributed by atoms with E-state index in [0.29, 0.717) is 18.7 Å². The number of nitrogens with zero attached hydrogens (tertiary/aromatic N) is 1. The van der Waals surface area contributed by atoms with Gasteiger partial charge in [-0.25, -0.2) is 17.6 Å². The zero-order valence-electron chi connectivity index (χ0n) is 15.9. The summed E-state index contributed by atoms with van der Waals surface area (Å²) >= 11 is 6.11. The number of methoxy groups -OCH3 is 1. The van der Waals surface area contributed by atoms with Gasteiger partial charge in [-0.2, -0.15) is 4.31 Å². The Morgan fingerprint density at radius 2 is 1.86 bits per heavy atom. The molecular weight excluding hydrogens is 421 g/mol. The molecule has 0 aromatic heterocycles. The highest BCUT2D eigenvalue weighted by atomic mass is 35.5. The number of ether oxygens (including phenoxy) is 2. The molecule has 1 saturated heterocycles. The average molecular weight is 442 g/mol. The second-order valence-electron chi connectivity index (χ2n) is 6.65. The van der Waals surface area contributed by atoms with Crippen molar-refractivity contribution in [3.05, 3.63) is 58.4 Å². The van der Waals surface area contributed by atoms with Gasteiger partial charge < -0.3 is 9.47 Å². The van der Waals surface area contributed by atoms with E-state index in [-0.39, 0.29) is 27.8 Å². The van der Waals surface area contributed by atoms with Crippen molar-refractivity contribution in [2.75, 3.05) is 20.2 Å². The van der Waals surface area contributed by atoms with Crippen molar-refractivity contribution in [2.45, 2.75) is 30.8 Å². The van der Waals surface area contributed by atoms with E-state index in [4.69, 9.17) is 21.1 Å². The fourth-order valence-corrected chi connectivity index (χ4v) is 5.12. The van der Waals surface area contributed by atoms with Crippen LogP contribution in [-0.4, -0.2) is 38.9 Å². The van der Waals surface area contributed by atoms with E-state index in [1.165, 1.54) is 41.7 Å². The number of benzene rings is 2. The maximum absolute atomic E-state index is 13.8. The van der Waals surface area contributed by atoms with Crippen LogP contribution >= 0.6 is 11.6 Å². The van der Waals surface area contributed by atoms with E-state index >= 15 is 0 Å². The van der Waals surface area contributed by atoms with Gasteiger partial charge in [0.15, 0.2) is 11.6 Å². The third-order valence-electron chi connectivity index (χ3n) is 4.69. The summed E-state index contributed by atoms with van der Waals surface area (Å²) in [4.78, 5) is 12.3. The van der Waals surface area contributed by atoms with E-state index in [2.05, 4.69) is 0 Å². The van der Waals surface area contributed by atoms with Gasteiger partial charge in [0.05, 0.1) is 17.7 Å². The first-order valence-corrected chi connectivity index (χ1v) is 10.9. The molecule has 2 aromatic rings. The monoisotopic (exact) mass is 441 g/mol. The molecule has 0 aliphatic carbocycles. The van der Waals surface area contributed by atoms with Crippen molar-refractivity contribution >= 4 is 27.6 Å². The molecule has 0 spiro atoms. The van der Waals surface area contributed by atoms with Gasteiger partial charge in [-0.05, 0) is 48.7 Å². The highest BCUT2D eigenvalue weighted by molar-refractivity contribution is 7.89. The second kappa shape index (κ2) is 9.11. The Balaban J connectivity index is 1.76. The minimum absolute atomic E-state index is 0.0457. The summed E-state index contributed by atoms with van der Waals surface area (Å²) in [6.07, 6.45) is 2.56. The summed E-state index contributed by atoms with van der Waals surface area (Å²) in [5.41, 5.74) is 0.491. The lowest BCUT2D eigenvalue weighted by Gasteiger charge is -2.26. The number of rotatable bonds is 6. The molecule has 0 radical (unpaired) electrons. The number of carbonyl (C=O) groups is 1. The Bertz CT molecular complexity index is 1010. The Hall–Kier alpha value is -2.16. The zero-order valence-corrected chi connectivity index (χ0v) is 17.4. The lowest BCUT2D eigenvalue weighted by molar-refractivity contribution is 0.0472. The first-order chi connectivity index (χ1) is 13.8. The molecule has 0 atom stereocenters. The van der Waals surface area contributed by atoms with Crippen LogP contribution in [0.25, 0.3) is 0 Å². The lowest BCUT2D eigenvalue weighted by atomic mass is 10.2. The Kier molecular flexibility index (Phi) is 6.77.